The van der Waals surface area contributed by atoms with Gasteiger partial charge >= 0.3 is 5.97 Å². The fourth-order valence-electron chi connectivity index (χ4n) is 2.48. The molecule has 0 aromatic heterocycles. The van der Waals surface area contributed by atoms with Crippen LogP contribution in [0.4, 0.5) is 5.69 Å². The summed E-state index contributed by atoms with van der Waals surface area (Å²) in [6.07, 6.45) is 0.511. The van der Waals surface area contributed by atoms with Gasteiger partial charge < -0.3 is 19.5 Å². The van der Waals surface area contributed by atoms with E-state index in [1.165, 1.54) is 33.1 Å². The highest BCUT2D eigenvalue weighted by Gasteiger charge is 2.21. The molecule has 0 heterocycles. The number of methoxy groups -OCH3 is 1. The first-order chi connectivity index (χ1) is 13.9. The number of anilines is 1. The first-order valence-electron chi connectivity index (χ1n) is 8.91. The molecule has 2 aromatic rings. The third kappa shape index (κ3) is 5.68. The molecule has 0 saturated carbocycles. The first kappa shape index (κ1) is 21.7. The number of hydrogen-bond donors (Lipinski definition) is 1. The summed E-state index contributed by atoms with van der Waals surface area (Å²) in [6, 6.07) is 11.2. The van der Waals surface area contributed by atoms with Gasteiger partial charge in [-0.15, -0.1) is 0 Å². The molecule has 29 heavy (non-hydrogen) atoms. The number of Topliss-reactive ketones (excluding diaryl/α,β-unsaturated/α-hetero) is 1. The molecule has 1 N–H and O–H groups in total. The van der Waals surface area contributed by atoms with Crippen molar-refractivity contribution in [3.63, 3.8) is 0 Å². The monoisotopic (exact) mass is 397 g/mol. The van der Waals surface area contributed by atoms with Crippen LogP contribution in [0.1, 0.15) is 34.6 Å². The summed E-state index contributed by atoms with van der Waals surface area (Å²) in [5, 5.41) is 2.61. The quantitative estimate of drug-likeness (QED) is 0.395. The molecule has 1 amide bonds. The first-order valence-corrected chi connectivity index (χ1v) is 8.91. The second-order valence-electron chi connectivity index (χ2n) is 6.10. The Labute approximate surface area is 169 Å². The van der Waals surface area contributed by atoms with E-state index in [4.69, 9.17) is 14.2 Å². The second-order valence-corrected chi connectivity index (χ2v) is 6.10. The van der Waals surface area contributed by atoms with E-state index in [0.29, 0.717) is 29.4 Å². The van der Waals surface area contributed by atoms with Gasteiger partial charge in [-0.25, -0.2) is 4.79 Å². The average molecular weight is 397 g/mol. The number of esters is 1. The summed E-state index contributed by atoms with van der Waals surface area (Å²) in [6.45, 7) is 6.72. The highest BCUT2D eigenvalue weighted by molar-refractivity contribution is 6.05. The van der Waals surface area contributed by atoms with Gasteiger partial charge in [-0.1, -0.05) is 24.8 Å². The Balaban J connectivity index is 2.07. The van der Waals surface area contributed by atoms with E-state index < -0.39 is 18.0 Å². The Morgan fingerprint density at radius 1 is 1.14 bits per heavy atom. The molecule has 0 saturated heterocycles. The van der Waals surface area contributed by atoms with E-state index >= 15 is 0 Å². The molecule has 0 aliphatic carbocycles. The number of carbonyl (C=O) groups excluding carboxylic acids is 3. The van der Waals surface area contributed by atoms with Crippen LogP contribution in [0.25, 0.3) is 0 Å². The lowest BCUT2D eigenvalue weighted by molar-refractivity contribution is -0.123. The molecule has 0 bridgehead atoms. The molecule has 1 atom stereocenters. The molecule has 2 rings (SSSR count). The van der Waals surface area contributed by atoms with Crippen molar-refractivity contribution in [3.8, 4) is 11.5 Å². The molecule has 1 unspecified atom stereocenters. The molecule has 152 valence electrons. The van der Waals surface area contributed by atoms with Gasteiger partial charge in [0.05, 0.1) is 18.4 Å². The SMILES string of the molecule is C=CCOc1ccc(C(=O)OC(C)C(=O)Nc2ccccc2C(C)=O)cc1OC. The second kappa shape index (κ2) is 10.1. The van der Waals surface area contributed by atoms with Gasteiger partial charge in [0.2, 0.25) is 0 Å². The summed E-state index contributed by atoms with van der Waals surface area (Å²) in [5.74, 6) is -0.619. The van der Waals surface area contributed by atoms with Crippen molar-refractivity contribution in [1.29, 1.82) is 0 Å². The number of amides is 1. The van der Waals surface area contributed by atoms with E-state index in [1.807, 2.05) is 0 Å². The van der Waals surface area contributed by atoms with Crippen LogP contribution >= 0.6 is 0 Å². The van der Waals surface area contributed by atoms with Gasteiger partial charge in [0.1, 0.15) is 6.61 Å². The predicted octanol–water partition coefficient (Wildman–Crippen LogP) is 3.65. The van der Waals surface area contributed by atoms with E-state index in [0.717, 1.165) is 0 Å². The molecule has 0 aliphatic rings. The van der Waals surface area contributed by atoms with Crippen LogP contribution in [0, 0.1) is 0 Å². The van der Waals surface area contributed by atoms with Crippen LogP contribution in [0.2, 0.25) is 0 Å². The topological polar surface area (TPSA) is 90.9 Å². The summed E-state index contributed by atoms with van der Waals surface area (Å²) in [5.41, 5.74) is 0.939. The van der Waals surface area contributed by atoms with Crippen LogP contribution in [0.3, 0.4) is 0 Å². The van der Waals surface area contributed by atoms with E-state index in [2.05, 4.69) is 11.9 Å². The highest BCUT2D eigenvalue weighted by atomic mass is 16.5. The lowest BCUT2D eigenvalue weighted by Crippen LogP contribution is -2.30. The third-order valence-corrected chi connectivity index (χ3v) is 3.97. The molecular weight excluding hydrogens is 374 g/mol. The molecule has 2 aromatic carbocycles. The molecule has 0 aliphatic heterocycles. The van der Waals surface area contributed by atoms with Crippen LogP contribution < -0.4 is 14.8 Å². The fourth-order valence-corrected chi connectivity index (χ4v) is 2.48. The minimum absolute atomic E-state index is 0.184. The number of carbonyl (C=O) groups is 3. The Morgan fingerprint density at radius 3 is 2.52 bits per heavy atom. The number of benzene rings is 2. The Morgan fingerprint density at radius 2 is 1.86 bits per heavy atom. The average Bonchev–Trinajstić information content (AvgIpc) is 2.72. The predicted molar refractivity (Wildman–Crippen MR) is 109 cm³/mol. The lowest BCUT2D eigenvalue weighted by Gasteiger charge is -2.16. The molecule has 0 radical (unpaired) electrons. The van der Waals surface area contributed by atoms with Crippen molar-refractivity contribution in [2.75, 3.05) is 19.0 Å². The van der Waals surface area contributed by atoms with Crippen LogP contribution in [0.5, 0.6) is 11.5 Å². The maximum absolute atomic E-state index is 12.4. The molecule has 0 fully saturated rings. The number of nitrogens with one attached hydrogen (secondary N) is 1. The smallest absolute Gasteiger partial charge is 0.339 e. The van der Waals surface area contributed by atoms with Crippen LogP contribution in [-0.4, -0.2) is 37.5 Å². The summed E-state index contributed by atoms with van der Waals surface area (Å²) in [7, 11) is 1.45. The minimum atomic E-state index is -1.08. The molecule has 0 spiro atoms. The molecule has 7 heteroatoms. The van der Waals surface area contributed by atoms with Gasteiger partial charge in [-0.2, -0.15) is 0 Å². The van der Waals surface area contributed by atoms with E-state index in [-0.39, 0.29) is 11.3 Å². The minimum Gasteiger partial charge on any atom is -0.493 e. The van der Waals surface area contributed by atoms with Gasteiger partial charge in [0, 0.05) is 5.56 Å². The molecular formula is C22H23NO6. The zero-order valence-corrected chi connectivity index (χ0v) is 16.6. The number of hydrogen-bond acceptors (Lipinski definition) is 6. The van der Waals surface area contributed by atoms with Crippen molar-refractivity contribution < 1.29 is 28.6 Å². The van der Waals surface area contributed by atoms with Crippen molar-refractivity contribution in [1.82, 2.24) is 0 Å². The fraction of sp³-hybridized carbons (Fsp3) is 0.227. The third-order valence-electron chi connectivity index (χ3n) is 3.97. The van der Waals surface area contributed by atoms with Gasteiger partial charge in [-0.3, -0.25) is 9.59 Å². The maximum atomic E-state index is 12.4. The zero-order chi connectivity index (χ0) is 21.4. The van der Waals surface area contributed by atoms with Crippen molar-refractivity contribution >= 4 is 23.3 Å². The summed E-state index contributed by atoms with van der Waals surface area (Å²) in [4.78, 5) is 36.5. The van der Waals surface area contributed by atoms with Crippen LogP contribution in [0.15, 0.2) is 55.1 Å². The van der Waals surface area contributed by atoms with Crippen molar-refractivity contribution in [2.45, 2.75) is 20.0 Å². The zero-order valence-electron chi connectivity index (χ0n) is 16.6. The van der Waals surface area contributed by atoms with E-state index in [9.17, 15) is 14.4 Å². The molecule has 7 nitrogen and oxygen atoms in total. The standard InChI is InChI=1S/C22H23NO6/c1-5-12-28-19-11-10-16(13-20(19)27-4)22(26)29-15(3)21(25)23-18-9-7-6-8-17(18)14(2)24/h5-11,13,15H,1,12H2,2-4H3,(H,23,25). The van der Waals surface area contributed by atoms with Gasteiger partial charge in [0.15, 0.2) is 23.4 Å². The van der Waals surface area contributed by atoms with Gasteiger partial charge in [-0.05, 0) is 44.2 Å². The summed E-state index contributed by atoms with van der Waals surface area (Å²) >= 11 is 0. The lowest BCUT2D eigenvalue weighted by atomic mass is 10.1. The van der Waals surface area contributed by atoms with Gasteiger partial charge in [0.25, 0.3) is 5.91 Å². The van der Waals surface area contributed by atoms with Crippen molar-refractivity contribution in [2.24, 2.45) is 0 Å². The Bertz CT molecular complexity index is 921. The number of ether oxygens (including phenoxy) is 3. The number of ketones is 1. The Hall–Kier alpha value is -3.61. The highest BCUT2D eigenvalue weighted by Crippen LogP contribution is 2.28. The largest absolute Gasteiger partial charge is 0.493 e. The normalized spacial score (nSPS) is 11.1. The van der Waals surface area contributed by atoms with E-state index in [1.54, 1.807) is 36.4 Å². The Kier molecular flexibility index (Phi) is 7.54. The summed E-state index contributed by atoms with van der Waals surface area (Å²) < 4.78 is 15.9. The number of para-hydroxylation sites is 1. The van der Waals surface area contributed by atoms with Crippen LogP contribution in [-0.2, 0) is 9.53 Å². The number of rotatable bonds is 9. The van der Waals surface area contributed by atoms with Crippen molar-refractivity contribution in [3.05, 3.63) is 66.2 Å². The maximum Gasteiger partial charge on any atom is 0.339 e.